The van der Waals surface area contributed by atoms with Crippen molar-refractivity contribution in [2.45, 2.75) is 26.9 Å². The third-order valence-corrected chi connectivity index (χ3v) is 3.13. The summed E-state index contributed by atoms with van der Waals surface area (Å²) in [6, 6.07) is 8.35. The Morgan fingerprint density at radius 1 is 1.29 bits per heavy atom. The van der Waals surface area contributed by atoms with Gasteiger partial charge in [-0.3, -0.25) is 0 Å². The van der Waals surface area contributed by atoms with Crippen molar-refractivity contribution >= 4 is 5.69 Å². The third kappa shape index (κ3) is 4.86. The molecule has 114 valence electrons. The van der Waals surface area contributed by atoms with E-state index < -0.39 is 0 Å². The monoisotopic (exact) mass is 291 g/mol. The van der Waals surface area contributed by atoms with E-state index >= 15 is 0 Å². The number of anilines is 1. The Kier molecular flexibility index (Phi) is 5.33. The van der Waals surface area contributed by atoms with Crippen LogP contribution in [0.15, 0.2) is 34.9 Å². The molecule has 0 saturated carbocycles. The maximum absolute atomic E-state index is 12.9. The minimum atomic E-state index is -0.231. The van der Waals surface area contributed by atoms with E-state index in [2.05, 4.69) is 24.3 Å². The summed E-state index contributed by atoms with van der Waals surface area (Å²) in [6.45, 7) is 6.60. The maximum atomic E-state index is 12.9. The first-order valence-electron chi connectivity index (χ1n) is 7.16. The molecule has 0 aliphatic rings. The van der Waals surface area contributed by atoms with Crippen LogP contribution in [-0.2, 0) is 13.1 Å². The van der Waals surface area contributed by atoms with Crippen molar-refractivity contribution in [3.05, 3.63) is 47.6 Å². The fraction of sp³-hybridized carbons (Fsp3) is 0.438. The van der Waals surface area contributed by atoms with E-state index in [-0.39, 0.29) is 5.82 Å². The van der Waals surface area contributed by atoms with Crippen molar-refractivity contribution in [2.75, 3.05) is 18.5 Å². The molecular weight excluding hydrogens is 269 g/mol. The molecule has 1 N–H and O–H groups in total. The Bertz CT molecular complexity index is 551. The lowest BCUT2D eigenvalue weighted by Gasteiger charge is -2.17. The van der Waals surface area contributed by atoms with Crippen molar-refractivity contribution < 1.29 is 8.91 Å². The highest BCUT2D eigenvalue weighted by Crippen LogP contribution is 2.16. The predicted octanol–water partition coefficient (Wildman–Crippen LogP) is 3.20. The van der Waals surface area contributed by atoms with Gasteiger partial charge in [0.25, 0.3) is 0 Å². The van der Waals surface area contributed by atoms with Crippen molar-refractivity contribution in [2.24, 2.45) is 5.92 Å². The zero-order valence-electron chi connectivity index (χ0n) is 12.8. The zero-order valence-corrected chi connectivity index (χ0v) is 12.8. The smallest absolute Gasteiger partial charge is 0.156 e. The largest absolute Gasteiger partial charge is 0.367 e. The summed E-state index contributed by atoms with van der Waals surface area (Å²) in [5.41, 5.74) is 1.84. The first-order valence-corrected chi connectivity index (χ1v) is 7.16. The molecule has 0 bridgehead atoms. The van der Waals surface area contributed by atoms with E-state index in [1.807, 2.05) is 18.0 Å². The molecule has 0 amide bonds. The summed E-state index contributed by atoms with van der Waals surface area (Å²) in [4.78, 5) is 1.99. The molecule has 2 aromatic rings. The number of hydrogen-bond acceptors (Lipinski definition) is 4. The number of nitrogens with zero attached hydrogens (tertiary/aromatic N) is 2. The average Bonchev–Trinajstić information content (AvgIpc) is 2.86. The van der Waals surface area contributed by atoms with Crippen LogP contribution in [0.5, 0.6) is 0 Å². The van der Waals surface area contributed by atoms with Crippen LogP contribution in [0, 0.1) is 11.7 Å². The van der Waals surface area contributed by atoms with Crippen LogP contribution in [0.1, 0.15) is 25.3 Å². The lowest BCUT2D eigenvalue weighted by Crippen LogP contribution is -2.19. The number of benzene rings is 1. The summed E-state index contributed by atoms with van der Waals surface area (Å²) in [6.07, 6.45) is 0. The summed E-state index contributed by atoms with van der Waals surface area (Å²) in [5, 5.41) is 7.38. The molecule has 0 fully saturated rings. The van der Waals surface area contributed by atoms with Gasteiger partial charge in [0.05, 0.1) is 12.2 Å². The minimum Gasteiger partial charge on any atom is -0.367 e. The van der Waals surface area contributed by atoms with E-state index in [9.17, 15) is 4.39 Å². The van der Waals surface area contributed by atoms with Crippen LogP contribution in [0.2, 0.25) is 0 Å². The standard InChI is InChI=1S/C16H22FN3O/c1-12(2)9-18-10-14-8-16(21-19-14)11-20(3)15-6-4-13(17)5-7-15/h4-8,12,18H,9-11H2,1-3H3. The van der Waals surface area contributed by atoms with Gasteiger partial charge in [-0.05, 0) is 36.7 Å². The van der Waals surface area contributed by atoms with Crippen molar-refractivity contribution in [3.8, 4) is 0 Å². The van der Waals surface area contributed by atoms with Gasteiger partial charge in [0, 0.05) is 25.3 Å². The van der Waals surface area contributed by atoms with Gasteiger partial charge in [0.2, 0.25) is 0 Å². The third-order valence-electron chi connectivity index (χ3n) is 3.13. The van der Waals surface area contributed by atoms with Crippen LogP contribution < -0.4 is 10.2 Å². The molecule has 0 saturated heterocycles. The van der Waals surface area contributed by atoms with Crippen LogP contribution in [0.25, 0.3) is 0 Å². The normalized spacial score (nSPS) is 11.1. The molecule has 0 aliphatic carbocycles. The number of aromatic nitrogens is 1. The van der Waals surface area contributed by atoms with Gasteiger partial charge in [-0.1, -0.05) is 19.0 Å². The Morgan fingerprint density at radius 2 is 2.00 bits per heavy atom. The fourth-order valence-electron chi connectivity index (χ4n) is 2.02. The molecule has 0 unspecified atom stereocenters. The first kappa shape index (κ1) is 15.5. The number of hydrogen-bond donors (Lipinski definition) is 1. The topological polar surface area (TPSA) is 41.3 Å². The molecule has 0 aliphatic heterocycles. The molecule has 5 heteroatoms. The highest BCUT2D eigenvalue weighted by Gasteiger charge is 2.08. The molecule has 0 atom stereocenters. The van der Waals surface area contributed by atoms with Gasteiger partial charge in [-0.2, -0.15) is 0 Å². The summed E-state index contributed by atoms with van der Waals surface area (Å²) in [7, 11) is 1.94. The van der Waals surface area contributed by atoms with Gasteiger partial charge in [-0.25, -0.2) is 4.39 Å². The Morgan fingerprint density at radius 3 is 2.67 bits per heavy atom. The van der Waals surface area contributed by atoms with E-state index in [0.29, 0.717) is 19.0 Å². The van der Waals surface area contributed by atoms with E-state index in [0.717, 1.165) is 23.7 Å². The molecule has 0 spiro atoms. The SMILES string of the molecule is CC(C)CNCc1cc(CN(C)c2ccc(F)cc2)on1. The highest BCUT2D eigenvalue weighted by atomic mass is 19.1. The van der Waals surface area contributed by atoms with Crippen LogP contribution in [0.3, 0.4) is 0 Å². The van der Waals surface area contributed by atoms with E-state index in [4.69, 9.17) is 4.52 Å². The van der Waals surface area contributed by atoms with E-state index in [1.54, 1.807) is 12.1 Å². The lowest BCUT2D eigenvalue weighted by molar-refractivity contribution is 0.374. The molecule has 2 rings (SSSR count). The molecule has 21 heavy (non-hydrogen) atoms. The molecule has 1 aromatic carbocycles. The fourth-order valence-corrected chi connectivity index (χ4v) is 2.02. The molecule has 4 nitrogen and oxygen atoms in total. The quantitative estimate of drug-likeness (QED) is 0.850. The van der Waals surface area contributed by atoms with Crippen LogP contribution in [-0.4, -0.2) is 18.7 Å². The summed E-state index contributed by atoms with van der Waals surface area (Å²) in [5.74, 6) is 1.18. The Hall–Kier alpha value is -1.88. The molecule has 1 aromatic heterocycles. The maximum Gasteiger partial charge on any atom is 0.156 e. The van der Waals surface area contributed by atoms with Gasteiger partial charge < -0.3 is 14.7 Å². The van der Waals surface area contributed by atoms with Crippen molar-refractivity contribution in [3.63, 3.8) is 0 Å². The van der Waals surface area contributed by atoms with Gasteiger partial charge in [0.1, 0.15) is 5.82 Å². The second-order valence-corrected chi connectivity index (χ2v) is 5.64. The van der Waals surface area contributed by atoms with Crippen LogP contribution >= 0.6 is 0 Å². The predicted molar refractivity (Wildman–Crippen MR) is 81.6 cm³/mol. The average molecular weight is 291 g/mol. The van der Waals surface area contributed by atoms with Gasteiger partial charge >= 0.3 is 0 Å². The van der Waals surface area contributed by atoms with Gasteiger partial charge in [0.15, 0.2) is 5.76 Å². The van der Waals surface area contributed by atoms with Crippen molar-refractivity contribution in [1.82, 2.24) is 10.5 Å². The minimum absolute atomic E-state index is 0.231. The van der Waals surface area contributed by atoms with Gasteiger partial charge in [-0.15, -0.1) is 0 Å². The summed E-state index contributed by atoms with van der Waals surface area (Å²) < 4.78 is 18.2. The van der Waals surface area contributed by atoms with Crippen LogP contribution in [0.4, 0.5) is 10.1 Å². The summed E-state index contributed by atoms with van der Waals surface area (Å²) >= 11 is 0. The molecule has 0 radical (unpaired) electrons. The Balaban J connectivity index is 1.88. The lowest BCUT2D eigenvalue weighted by atomic mass is 10.2. The zero-order chi connectivity index (χ0) is 15.2. The van der Waals surface area contributed by atoms with Crippen molar-refractivity contribution in [1.29, 1.82) is 0 Å². The van der Waals surface area contributed by atoms with E-state index in [1.165, 1.54) is 12.1 Å². The number of nitrogens with one attached hydrogen (secondary N) is 1. The number of halogens is 1. The second kappa shape index (κ2) is 7.22. The molecular formula is C16H22FN3O. The Labute approximate surface area is 124 Å². The molecule has 1 heterocycles. The highest BCUT2D eigenvalue weighted by molar-refractivity contribution is 5.45. The number of rotatable bonds is 7. The second-order valence-electron chi connectivity index (χ2n) is 5.64. The first-order chi connectivity index (χ1) is 10.0.